The van der Waals surface area contributed by atoms with Crippen molar-refractivity contribution in [3.8, 4) is 0 Å². The van der Waals surface area contributed by atoms with Gasteiger partial charge in [-0.2, -0.15) is 0 Å². The predicted octanol–water partition coefficient (Wildman–Crippen LogP) is 2.99. The first-order chi connectivity index (χ1) is 9.03. The maximum atomic E-state index is 12.1. The van der Waals surface area contributed by atoms with Gasteiger partial charge in [0.15, 0.2) is 5.82 Å². The van der Waals surface area contributed by atoms with Crippen molar-refractivity contribution in [2.45, 2.75) is 31.1 Å². The highest BCUT2D eigenvalue weighted by Crippen LogP contribution is 2.21. The van der Waals surface area contributed by atoms with E-state index in [9.17, 15) is 8.42 Å². The average Bonchev–Trinajstić information content (AvgIpc) is 2.90. The van der Waals surface area contributed by atoms with Crippen LogP contribution in [0.2, 0.25) is 0 Å². The van der Waals surface area contributed by atoms with Crippen molar-refractivity contribution in [1.29, 1.82) is 0 Å². The van der Waals surface area contributed by atoms with Crippen molar-refractivity contribution in [3.05, 3.63) is 42.2 Å². The zero-order chi connectivity index (χ0) is 13.9. The third-order valence-corrected chi connectivity index (χ3v) is 4.42. The number of nitrogens with zero attached hydrogens (tertiary/aromatic N) is 1. The van der Waals surface area contributed by atoms with E-state index in [4.69, 9.17) is 0 Å². The summed E-state index contributed by atoms with van der Waals surface area (Å²) in [5.74, 6) is 0.589. The molecule has 0 spiro atoms. The molecule has 0 saturated carbocycles. The minimum absolute atomic E-state index is 0.172. The molecule has 0 bridgehead atoms. The molecule has 0 aliphatic rings. The lowest BCUT2D eigenvalue weighted by atomic mass is 9.99. The minimum Gasteiger partial charge on any atom is -0.363 e. The van der Waals surface area contributed by atoms with E-state index in [0.717, 1.165) is 12.0 Å². The van der Waals surface area contributed by atoms with Crippen LogP contribution in [-0.4, -0.2) is 13.6 Å². The van der Waals surface area contributed by atoms with Crippen LogP contribution in [0.15, 0.2) is 46.0 Å². The lowest BCUT2D eigenvalue weighted by Gasteiger charge is -2.10. The standard InChI is InChI=1S/C13H16N2O3S/c1-3-10(2)11-4-6-12(7-5-11)19(16,17)15-13-8-9-18-14-13/h4-10H,3H2,1-2H3,(H,14,15)/t10-/m0/s1. The Morgan fingerprint density at radius 3 is 2.47 bits per heavy atom. The molecule has 1 heterocycles. The quantitative estimate of drug-likeness (QED) is 0.913. The molecule has 0 saturated heterocycles. The fraction of sp³-hybridized carbons (Fsp3) is 0.308. The molecule has 1 aromatic carbocycles. The SMILES string of the molecule is CC[C@H](C)c1ccc(S(=O)(=O)Nc2ccon2)cc1. The van der Waals surface area contributed by atoms with Gasteiger partial charge in [-0.05, 0) is 30.0 Å². The molecule has 1 atom stereocenters. The second-order valence-corrected chi connectivity index (χ2v) is 6.05. The zero-order valence-corrected chi connectivity index (χ0v) is 11.6. The molecule has 0 unspecified atom stereocenters. The maximum Gasteiger partial charge on any atom is 0.263 e. The van der Waals surface area contributed by atoms with Gasteiger partial charge in [-0.25, -0.2) is 8.42 Å². The van der Waals surface area contributed by atoms with Crippen LogP contribution >= 0.6 is 0 Å². The zero-order valence-electron chi connectivity index (χ0n) is 10.8. The first-order valence-corrected chi connectivity index (χ1v) is 7.54. The molecule has 0 fully saturated rings. The van der Waals surface area contributed by atoms with Gasteiger partial charge in [0, 0.05) is 6.07 Å². The molecule has 0 radical (unpaired) electrons. The van der Waals surface area contributed by atoms with E-state index >= 15 is 0 Å². The molecule has 1 aromatic heterocycles. The van der Waals surface area contributed by atoms with Gasteiger partial charge in [0.05, 0.1) is 4.90 Å². The number of nitrogens with one attached hydrogen (secondary N) is 1. The second-order valence-electron chi connectivity index (χ2n) is 4.37. The second kappa shape index (κ2) is 5.44. The minimum atomic E-state index is -3.60. The maximum absolute atomic E-state index is 12.1. The van der Waals surface area contributed by atoms with Gasteiger partial charge < -0.3 is 4.52 Å². The summed E-state index contributed by atoms with van der Waals surface area (Å²) in [6, 6.07) is 8.33. The fourth-order valence-electron chi connectivity index (χ4n) is 1.67. The Hall–Kier alpha value is -1.82. The van der Waals surface area contributed by atoms with Crippen molar-refractivity contribution in [2.75, 3.05) is 4.72 Å². The van der Waals surface area contributed by atoms with E-state index in [2.05, 4.69) is 28.2 Å². The number of hydrogen-bond donors (Lipinski definition) is 1. The Labute approximate surface area is 112 Å². The van der Waals surface area contributed by atoms with Gasteiger partial charge in [0.25, 0.3) is 10.0 Å². The average molecular weight is 280 g/mol. The van der Waals surface area contributed by atoms with Gasteiger partial charge in [-0.3, -0.25) is 4.72 Å². The molecule has 2 aromatic rings. The van der Waals surface area contributed by atoms with Crippen molar-refractivity contribution < 1.29 is 12.9 Å². The summed E-state index contributed by atoms with van der Waals surface area (Å²) in [6.45, 7) is 4.21. The normalized spacial score (nSPS) is 13.2. The van der Waals surface area contributed by atoms with Crippen LogP contribution in [0.25, 0.3) is 0 Å². The highest BCUT2D eigenvalue weighted by molar-refractivity contribution is 7.92. The van der Waals surface area contributed by atoms with Crippen LogP contribution < -0.4 is 4.72 Å². The number of hydrogen-bond acceptors (Lipinski definition) is 4. The lowest BCUT2D eigenvalue weighted by Crippen LogP contribution is -2.13. The van der Waals surface area contributed by atoms with Crippen LogP contribution in [0.4, 0.5) is 5.82 Å². The summed E-state index contributed by atoms with van der Waals surface area (Å²) >= 11 is 0. The van der Waals surface area contributed by atoms with Gasteiger partial charge in [-0.15, -0.1) is 0 Å². The van der Waals surface area contributed by atoms with Gasteiger partial charge in [0.2, 0.25) is 0 Å². The monoisotopic (exact) mass is 280 g/mol. The van der Waals surface area contributed by atoms with Crippen molar-refractivity contribution in [3.63, 3.8) is 0 Å². The van der Waals surface area contributed by atoms with E-state index in [-0.39, 0.29) is 10.7 Å². The lowest BCUT2D eigenvalue weighted by molar-refractivity contribution is 0.423. The summed E-state index contributed by atoms with van der Waals surface area (Å²) in [5, 5.41) is 3.52. The van der Waals surface area contributed by atoms with Gasteiger partial charge in [0.1, 0.15) is 6.26 Å². The van der Waals surface area contributed by atoms with Crippen LogP contribution in [0, 0.1) is 0 Å². The smallest absolute Gasteiger partial charge is 0.263 e. The summed E-state index contributed by atoms with van der Waals surface area (Å²) < 4.78 is 31.0. The molecule has 102 valence electrons. The van der Waals surface area contributed by atoms with Gasteiger partial charge in [-0.1, -0.05) is 31.1 Å². The molecule has 1 N–H and O–H groups in total. The highest BCUT2D eigenvalue weighted by Gasteiger charge is 2.15. The fourth-order valence-corrected chi connectivity index (χ4v) is 2.67. The Bertz CT molecular complexity index is 618. The molecule has 0 aliphatic carbocycles. The number of rotatable bonds is 5. The summed E-state index contributed by atoms with van der Waals surface area (Å²) in [6.07, 6.45) is 2.33. The van der Waals surface area contributed by atoms with Crippen LogP contribution in [0.3, 0.4) is 0 Å². The summed E-state index contributed by atoms with van der Waals surface area (Å²) in [4.78, 5) is 0.211. The Balaban J connectivity index is 2.21. The first-order valence-electron chi connectivity index (χ1n) is 6.06. The van der Waals surface area contributed by atoms with Gasteiger partial charge >= 0.3 is 0 Å². The van der Waals surface area contributed by atoms with Crippen molar-refractivity contribution in [1.82, 2.24) is 5.16 Å². The Morgan fingerprint density at radius 1 is 1.26 bits per heavy atom. The topological polar surface area (TPSA) is 72.2 Å². The molecule has 0 amide bonds. The number of sulfonamides is 1. The highest BCUT2D eigenvalue weighted by atomic mass is 32.2. The molecular formula is C13H16N2O3S. The summed E-state index contributed by atoms with van der Waals surface area (Å²) in [5.41, 5.74) is 1.13. The third kappa shape index (κ3) is 3.14. The van der Waals surface area contributed by atoms with E-state index in [1.165, 1.54) is 12.3 Å². The van der Waals surface area contributed by atoms with Crippen molar-refractivity contribution >= 4 is 15.8 Å². The molecule has 6 heteroatoms. The molecule has 5 nitrogen and oxygen atoms in total. The number of anilines is 1. The summed E-state index contributed by atoms with van der Waals surface area (Å²) in [7, 11) is -3.60. The van der Waals surface area contributed by atoms with E-state index < -0.39 is 10.0 Å². The molecule has 2 rings (SSSR count). The van der Waals surface area contributed by atoms with Crippen LogP contribution in [0.5, 0.6) is 0 Å². The first kappa shape index (κ1) is 13.6. The largest absolute Gasteiger partial charge is 0.363 e. The Kier molecular flexibility index (Phi) is 3.90. The van der Waals surface area contributed by atoms with E-state index in [1.54, 1.807) is 12.1 Å². The number of benzene rings is 1. The predicted molar refractivity (Wildman–Crippen MR) is 72.5 cm³/mol. The molecular weight excluding hydrogens is 264 g/mol. The van der Waals surface area contributed by atoms with E-state index in [0.29, 0.717) is 5.92 Å². The third-order valence-electron chi connectivity index (χ3n) is 3.05. The molecule has 0 aliphatic heterocycles. The molecule has 19 heavy (non-hydrogen) atoms. The Morgan fingerprint density at radius 2 is 1.95 bits per heavy atom. The van der Waals surface area contributed by atoms with Crippen molar-refractivity contribution in [2.24, 2.45) is 0 Å². The van der Waals surface area contributed by atoms with Crippen LogP contribution in [0.1, 0.15) is 31.7 Å². The van der Waals surface area contributed by atoms with E-state index in [1.807, 2.05) is 12.1 Å². The number of aromatic nitrogens is 1. The van der Waals surface area contributed by atoms with Crippen LogP contribution in [-0.2, 0) is 10.0 Å².